The molecule has 184 valence electrons. The Hall–Kier alpha value is -3.34. The van der Waals surface area contributed by atoms with Crippen molar-refractivity contribution in [3.05, 3.63) is 69.8 Å². The third-order valence-corrected chi connectivity index (χ3v) is 7.15. The van der Waals surface area contributed by atoms with E-state index in [0.29, 0.717) is 13.4 Å². The highest BCUT2D eigenvalue weighted by atomic mass is 16.7. The van der Waals surface area contributed by atoms with E-state index in [-0.39, 0.29) is 6.04 Å². The fourth-order valence-electron chi connectivity index (χ4n) is 5.23. The summed E-state index contributed by atoms with van der Waals surface area (Å²) in [5.74, 6) is 3.31. The SMILES string of the molecule is COc1ccc2c(c1OC/C=C(\C)CCC=C(C)C)C(C)N1CCc3cc4c(cc3C1=C2)OCO4. The van der Waals surface area contributed by atoms with Gasteiger partial charge in [0.25, 0.3) is 0 Å². The molecule has 5 rings (SSSR count). The lowest BCUT2D eigenvalue weighted by atomic mass is 9.86. The van der Waals surface area contributed by atoms with Gasteiger partial charge in [-0.2, -0.15) is 0 Å². The normalized spacial score (nSPS) is 17.7. The molecule has 5 heteroatoms. The van der Waals surface area contributed by atoms with Gasteiger partial charge in [0.15, 0.2) is 23.0 Å². The fraction of sp³-hybridized carbons (Fsp3) is 0.400. The van der Waals surface area contributed by atoms with Crippen molar-refractivity contribution in [2.75, 3.05) is 27.1 Å². The summed E-state index contributed by atoms with van der Waals surface area (Å²) in [6.45, 7) is 10.5. The van der Waals surface area contributed by atoms with Crippen molar-refractivity contribution >= 4 is 11.8 Å². The number of hydrogen-bond acceptors (Lipinski definition) is 5. The van der Waals surface area contributed by atoms with Gasteiger partial charge in [-0.05, 0) is 88.4 Å². The number of nitrogens with zero attached hydrogens (tertiary/aromatic N) is 1. The highest BCUT2D eigenvalue weighted by Gasteiger charge is 2.34. The first-order valence-corrected chi connectivity index (χ1v) is 12.5. The number of methoxy groups -OCH3 is 1. The molecule has 3 heterocycles. The summed E-state index contributed by atoms with van der Waals surface area (Å²) < 4.78 is 23.4. The van der Waals surface area contributed by atoms with Crippen LogP contribution in [0.4, 0.5) is 0 Å². The monoisotopic (exact) mass is 473 g/mol. The minimum absolute atomic E-state index is 0.163. The molecule has 5 nitrogen and oxygen atoms in total. The van der Waals surface area contributed by atoms with Gasteiger partial charge in [-0.3, -0.25) is 0 Å². The summed E-state index contributed by atoms with van der Waals surface area (Å²) in [5.41, 5.74) is 8.84. The van der Waals surface area contributed by atoms with Gasteiger partial charge in [-0.15, -0.1) is 0 Å². The van der Waals surface area contributed by atoms with Gasteiger partial charge in [-0.25, -0.2) is 0 Å². The van der Waals surface area contributed by atoms with E-state index < -0.39 is 0 Å². The van der Waals surface area contributed by atoms with Crippen molar-refractivity contribution in [3.63, 3.8) is 0 Å². The Morgan fingerprint density at radius 3 is 2.69 bits per heavy atom. The molecule has 0 aliphatic carbocycles. The van der Waals surface area contributed by atoms with E-state index >= 15 is 0 Å². The van der Waals surface area contributed by atoms with Crippen LogP contribution in [-0.4, -0.2) is 32.0 Å². The third kappa shape index (κ3) is 4.52. The molecule has 2 aromatic carbocycles. The fourth-order valence-corrected chi connectivity index (χ4v) is 5.23. The highest BCUT2D eigenvalue weighted by Crippen LogP contribution is 2.49. The molecule has 0 saturated heterocycles. The Morgan fingerprint density at radius 1 is 1.11 bits per heavy atom. The zero-order chi connectivity index (χ0) is 24.5. The Kier molecular flexibility index (Phi) is 6.50. The maximum atomic E-state index is 6.40. The van der Waals surface area contributed by atoms with Crippen molar-refractivity contribution in [2.24, 2.45) is 0 Å². The average molecular weight is 474 g/mol. The van der Waals surface area contributed by atoms with Crippen LogP contribution in [0.15, 0.2) is 47.6 Å². The first-order valence-electron chi connectivity index (χ1n) is 12.5. The topological polar surface area (TPSA) is 40.2 Å². The first kappa shape index (κ1) is 23.4. The standard InChI is InChI=1S/C30H35NO4/c1-19(2)7-6-8-20(3)12-14-33-30-26(32-5)10-9-23-15-25-24-17-28-27(34-18-35-28)16-22(24)11-13-31(25)21(4)29(23)30/h7,9-10,12,15-17,21H,6,8,11,13-14,18H2,1-5H3/b20-12+. The molecule has 0 aromatic heterocycles. The largest absolute Gasteiger partial charge is 0.493 e. The molecule has 3 aliphatic rings. The van der Waals surface area contributed by atoms with Gasteiger partial charge < -0.3 is 23.8 Å². The van der Waals surface area contributed by atoms with Crippen molar-refractivity contribution < 1.29 is 18.9 Å². The van der Waals surface area contributed by atoms with E-state index in [1.165, 1.54) is 39.1 Å². The number of fused-ring (bicyclic) bond motifs is 5. The van der Waals surface area contributed by atoms with E-state index in [1.807, 2.05) is 6.07 Å². The first-order chi connectivity index (χ1) is 17.0. The second-order valence-electron chi connectivity index (χ2n) is 9.79. The smallest absolute Gasteiger partial charge is 0.231 e. The summed E-state index contributed by atoms with van der Waals surface area (Å²) in [7, 11) is 1.71. The van der Waals surface area contributed by atoms with E-state index in [9.17, 15) is 0 Å². The molecule has 1 unspecified atom stereocenters. The maximum absolute atomic E-state index is 6.40. The molecule has 0 fully saturated rings. The molecule has 0 spiro atoms. The van der Waals surface area contributed by atoms with E-state index in [2.05, 4.69) is 69.0 Å². The molecule has 0 radical (unpaired) electrons. The van der Waals surface area contributed by atoms with Crippen molar-refractivity contribution in [1.82, 2.24) is 4.90 Å². The van der Waals surface area contributed by atoms with Crippen LogP contribution in [0.3, 0.4) is 0 Å². The van der Waals surface area contributed by atoms with Gasteiger partial charge in [0, 0.05) is 23.4 Å². The Labute approximate surface area is 208 Å². The van der Waals surface area contributed by atoms with Crippen molar-refractivity contribution in [3.8, 4) is 23.0 Å². The maximum Gasteiger partial charge on any atom is 0.231 e. The zero-order valence-corrected chi connectivity index (χ0v) is 21.4. The van der Waals surface area contributed by atoms with Crippen LogP contribution in [0.25, 0.3) is 11.8 Å². The highest BCUT2D eigenvalue weighted by molar-refractivity contribution is 5.88. The van der Waals surface area contributed by atoms with E-state index in [4.69, 9.17) is 18.9 Å². The summed E-state index contributed by atoms with van der Waals surface area (Å²) in [4.78, 5) is 2.47. The van der Waals surface area contributed by atoms with Crippen LogP contribution in [-0.2, 0) is 6.42 Å². The summed E-state index contributed by atoms with van der Waals surface area (Å²) in [6, 6.07) is 8.60. The summed E-state index contributed by atoms with van der Waals surface area (Å²) in [5, 5.41) is 0. The third-order valence-electron chi connectivity index (χ3n) is 7.15. The van der Waals surface area contributed by atoms with Crippen LogP contribution < -0.4 is 18.9 Å². The molecule has 0 bridgehead atoms. The zero-order valence-electron chi connectivity index (χ0n) is 21.4. The molecule has 0 saturated carbocycles. The van der Waals surface area contributed by atoms with Gasteiger partial charge in [0.1, 0.15) is 6.61 Å². The minimum atomic E-state index is 0.163. The Bertz CT molecular complexity index is 1220. The predicted octanol–water partition coefficient (Wildman–Crippen LogP) is 6.93. The molecule has 35 heavy (non-hydrogen) atoms. The number of allylic oxidation sites excluding steroid dienone is 3. The molecule has 0 amide bonds. The van der Waals surface area contributed by atoms with Gasteiger partial charge in [0.2, 0.25) is 6.79 Å². The lowest BCUT2D eigenvalue weighted by Crippen LogP contribution is -2.34. The number of ether oxygens (including phenoxy) is 4. The molecule has 1 atom stereocenters. The van der Waals surface area contributed by atoms with Crippen molar-refractivity contribution in [2.45, 2.75) is 53.0 Å². The van der Waals surface area contributed by atoms with E-state index in [1.54, 1.807) is 7.11 Å². The minimum Gasteiger partial charge on any atom is -0.493 e. The van der Waals surface area contributed by atoms with Gasteiger partial charge in [0.05, 0.1) is 13.2 Å². The molecular weight excluding hydrogens is 438 g/mol. The second kappa shape index (κ2) is 9.73. The van der Waals surface area contributed by atoms with Crippen LogP contribution in [0.5, 0.6) is 23.0 Å². The number of hydrogen-bond donors (Lipinski definition) is 0. The van der Waals surface area contributed by atoms with Gasteiger partial charge >= 0.3 is 0 Å². The molecule has 2 aromatic rings. The van der Waals surface area contributed by atoms with Crippen LogP contribution in [0.2, 0.25) is 0 Å². The summed E-state index contributed by atoms with van der Waals surface area (Å²) >= 11 is 0. The quantitative estimate of drug-likeness (QED) is 0.408. The lowest BCUT2D eigenvalue weighted by Gasteiger charge is -2.42. The molecule has 3 aliphatic heterocycles. The summed E-state index contributed by atoms with van der Waals surface area (Å²) in [6.07, 6.45) is 9.83. The Balaban J connectivity index is 1.45. The van der Waals surface area contributed by atoms with Gasteiger partial charge in [-0.1, -0.05) is 23.3 Å². The van der Waals surface area contributed by atoms with Crippen molar-refractivity contribution in [1.29, 1.82) is 0 Å². The lowest BCUT2D eigenvalue weighted by molar-refractivity contribution is 0.174. The number of rotatable bonds is 7. The predicted molar refractivity (Wildman–Crippen MR) is 140 cm³/mol. The molecular formula is C30H35NO4. The van der Waals surface area contributed by atoms with E-state index in [0.717, 1.165) is 48.8 Å². The molecule has 0 N–H and O–H groups in total. The average Bonchev–Trinajstić information content (AvgIpc) is 3.30. The Morgan fingerprint density at radius 2 is 1.91 bits per heavy atom. The van der Waals surface area contributed by atoms with Crippen LogP contribution >= 0.6 is 0 Å². The second-order valence-corrected chi connectivity index (χ2v) is 9.79. The van der Waals surface area contributed by atoms with Crippen LogP contribution in [0, 0.1) is 0 Å². The van der Waals surface area contributed by atoms with Crippen LogP contribution in [0.1, 0.15) is 68.8 Å². The number of benzene rings is 2.